The van der Waals surface area contributed by atoms with Crippen molar-refractivity contribution in [2.75, 3.05) is 13.7 Å². The molecular weight excluding hydrogens is 222 g/mol. The van der Waals surface area contributed by atoms with Gasteiger partial charge in [-0.2, -0.15) is 0 Å². The number of ether oxygens (including phenoxy) is 1. The van der Waals surface area contributed by atoms with Gasteiger partial charge in [0.15, 0.2) is 0 Å². The second kappa shape index (κ2) is 5.75. The molecule has 1 aromatic rings. The number of benzene rings is 1. The molecule has 1 aliphatic rings. The Morgan fingerprint density at radius 3 is 2.67 bits per heavy atom. The zero-order valence-corrected chi connectivity index (χ0v) is 12.1. The van der Waals surface area contributed by atoms with Crippen molar-refractivity contribution in [1.82, 2.24) is 5.32 Å². The summed E-state index contributed by atoms with van der Waals surface area (Å²) in [5, 5.41) is 3.58. The first kappa shape index (κ1) is 13.4. The Balaban J connectivity index is 2.14. The van der Waals surface area contributed by atoms with Crippen LogP contribution in [0.3, 0.4) is 0 Å². The second-order valence-electron chi connectivity index (χ2n) is 5.46. The van der Waals surface area contributed by atoms with Gasteiger partial charge in [-0.1, -0.05) is 0 Å². The first-order valence-electron chi connectivity index (χ1n) is 7.00. The molecule has 2 heteroatoms. The SMILES string of the molecule is COc1cc(C)c(CCC2CCCN2)c(C)c1C. The van der Waals surface area contributed by atoms with Crippen LogP contribution in [-0.2, 0) is 6.42 Å². The zero-order chi connectivity index (χ0) is 13.1. The van der Waals surface area contributed by atoms with Crippen LogP contribution in [0, 0.1) is 20.8 Å². The lowest BCUT2D eigenvalue weighted by Crippen LogP contribution is -2.22. The Kier molecular flexibility index (Phi) is 4.28. The van der Waals surface area contributed by atoms with E-state index in [0.29, 0.717) is 0 Å². The molecule has 0 spiro atoms. The number of methoxy groups -OCH3 is 1. The monoisotopic (exact) mass is 247 g/mol. The Morgan fingerprint density at radius 2 is 2.06 bits per heavy atom. The summed E-state index contributed by atoms with van der Waals surface area (Å²) in [6, 6.07) is 2.91. The van der Waals surface area contributed by atoms with Gasteiger partial charge < -0.3 is 10.1 Å². The largest absolute Gasteiger partial charge is 0.496 e. The maximum Gasteiger partial charge on any atom is 0.122 e. The highest BCUT2D eigenvalue weighted by atomic mass is 16.5. The van der Waals surface area contributed by atoms with E-state index >= 15 is 0 Å². The summed E-state index contributed by atoms with van der Waals surface area (Å²) in [5.41, 5.74) is 5.58. The van der Waals surface area contributed by atoms with Crippen LogP contribution >= 0.6 is 0 Å². The average Bonchev–Trinajstić information content (AvgIpc) is 2.86. The van der Waals surface area contributed by atoms with Crippen LogP contribution in [0.1, 0.15) is 41.5 Å². The molecule has 2 nitrogen and oxygen atoms in total. The van der Waals surface area contributed by atoms with E-state index in [0.717, 1.165) is 11.8 Å². The van der Waals surface area contributed by atoms with E-state index in [2.05, 4.69) is 32.2 Å². The molecule has 2 rings (SSSR count). The molecule has 0 aromatic heterocycles. The van der Waals surface area contributed by atoms with Crippen molar-refractivity contribution < 1.29 is 4.74 Å². The lowest BCUT2D eigenvalue weighted by atomic mass is 9.92. The van der Waals surface area contributed by atoms with Gasteiger partial charge in [0.05, 0.1) is 7.11 Å². The minimum atomic E-state index is 0.728. The Bertz CT molecular complexity index is 420. The molecule has 1 heterocycles. The average molecular weight is 247 g/mol. The predicted octanol–water partition coefficient (Wildman–Crippen LogP) is 3.31. The van der Waals surface area contributed by atoms with E-state index in [1.54, 1.807) is 7.11 Å². The predicted molar refractivity (Wildman–Crippen MR) is 76.6 cm³/mol. The molecule has 0 radical (unpaired) electrons. The summed E-state index contributed by atoms with van der Waals surface area (Å²) >= 11 is 0. The van der Waals surface area contributed by atoms with E-state index < -0.39 is 0 Å². The van der Waals surface area contributed by atoms with Crippen molar-refractivity contribution in [2.24, 2.45) is 0 Å². The van der Waals surface area contributed by atoms with Crippen molar-refractivity contribution >= 4 is 0 Å². The van der Waals surface area contributed by atoms with Gasteiger partial charge in [-0.15, -0.1) is 0 Å². The van der Waals surface area contributed by atoms with Crippen molar-refractivity contribution in [2.45, 2.75) is 52.5 Å². The van der Waals surface area contributed by atoms with Crippen molar-refractivity contribution in [1.29, 1.82) is 0 Å². The molecule has 1 fully saturated rings. The van der Waals surface area contributed by atoms with Crippen molar-refractivity contribution in [3.63, 3.8) is 0 Å². The molecule has 1 N–H and O–H groups in total. The van der Waals surface area contributed by atoms with E-state index in [1.165, 1.54) is 54.5 Å². The Hall–Kier alpha value is -1.02. The molecule has 1 aromatic carbocycles. The molecule has 0 aliphatic carbocycles. The first-order valence-corrected chi connectivity index (χ1v) is 7.00. The highest BCUT2D eigenvalue weighted by molar-refractivity contribution is 5.48. The summed E-state index contributed by atoms with van der Waals surface area (Å²) in [7, 11) is 1.75. The second-order valence-corrected chi connectivity index (χ2v) is 5.46. The fourth-order valence-electron chi connectivity index (χ4n) is 3.02. The minimum Gasteiger partial charge on any atom is -0.496 e. The van der Waals surface area contributed by atoms with E-state index in [9.17, 15) is 0 Å². The summed E-state index contributed by atoms with van der Waals surface area (Å²) < 4.78 is 5.43. The van der Waals surface area contributed by atoms with Crippen LogP contribution in [0.2, 0.25) is 0 Å². The fourth-order valence-corrected chi connectivity index (χ4v) is 3.02. The molecule has 0 bridgehead atoms. The van der Waals surface area contributed by atoms with Gasteiger partial charge in [0.25, 0.3) is 0 Å². The lowest BCUT2D eigenvalue weighted by molar-refractivity contribution is 0.410. The summed E-state index contributed by atoms with van der Waals surface area (Å²) in [4.78, 5) is 0. The number of hydrogen-bond donors (Lipinski definition) is 1. The van der Waals surface area contributed by atoms with Gasteiger partial charge in [0.2, 0.25) is 0 Å². The number of nitrogens with one attached hydrogen (secondary N) is 1. The fraction of sp³-hybridized carbons (Fsp3) is 0.625. The van der Waals surface area contributed by atoms with Crippen LogP contribution in [-0.4, -0.2) is 19.7 Å². The highest BCUT2D eigenvalue weighted by Gasteiger charge is 2.16. The van der Waals surface area contributed by atoms with E-state index in [4.69, 9.17) is 4.74 Å². The third-order valence-corrected chi connectivity index (χ3v) is 4.33. The summed E-state index contributed by atoms with van der Waals surface area (Å²) in [6.45, 7) is 7.78. The third kappa shape index (κ3) is 2.69. The topological polar surface area (TPSA) is 21.3 Å². The Labute approximate surface area is 111 Å². The van der Waals surface area contributed by atoms with Crippen LogP contribution in [0.5, 0.6) is 5.75 Å². The molecule has 1 unspecified atom stereocenters. The summed E-state index contributed by atoms with van der Waals surface area (Å²) in [6.07, 6.45) is 5.12. The number of rotatable bonds is 4. The van der Waals surface area contributed by atoms with E-state index in [1.807, 2.05) is 0 Å². The van der Waals surface area contributed by atoms with Gasteiger partial charge in [-0.3, -0.25) is 0 Å². The highest BCUT2D eigenvalue weighted by Crippen LogP contribution is 2.28. The van der Waals surface area contributed by atoms with Gasteiger partial charge in [-0.25, -0.2) is 0 Å². The van der Waals surface area contributed by atoms with Crippen molar-refractivity contribution in [3.8, 4) is 5.75 Å². The quantitative estimate of drug-likeness (QED) is 0.881. The van der Waals surface area contributed by atoms with Gasteiger partial charge in [-0.05, 0) is 81.3 Å². The molecule has 1 saturated heterocycles. The minimum absolute atomic E-state index is 0.728. The maximum absolute atomic E-state index is 5.43. The first-order chi connectivity index (χ1) is 8.63. The van der Waals surface area contributed by atoms with E-state index in [-0.39, 0.29) is 0 Å². The van der Waals surface area contributed by atoms with Gasteiger partial charge in [0, 0.05) is 6.04 Å². The summed E-state index contributed by atoms with van der Waals surface area (Å²) in [5.74, 6) is 1.02. The molecule has 0 saturated carbocycles. The zero-order valence-electron chi connectivity index (χ0n) is 12.1. The van der Waals surface area contributed by atoms with Crippen LogP contribution < -0.4 is 10.1 Å². The van der Waals surface area contributed by atoms with Crippen LogP contribution in [0.15, 0.2) is 6.07 Å². The number of hydrogen-bond acceptors (Lipinski definition) is 2. The van der Waals surface area contributed by atoms with Crippen LogP contribution in [0.25, 0.3) is 0 Å². The number of aryl methyl sites for hydroxylation is 1. The standard InChI is InChI=1S/C16H25NO/c1-11-10-16(18-4)13(3)12(2)15(11)8-7-14-6-5-9-17-14/h10,14,17H,5-9H2,1-4H3. The maximum atomic E-state index is 5.43. The normalized spacial score (nSPS) is 19.2. The smallest absolute Gasteiger partial charge is 0.122 e. The van der Waals surface area contributed by atoms with Gasteiger partial charge in [0.1, 0.15) is 5.75 Å². The van der Waals surface area contributed by atoms with Crippen LogP contribution in [0.4, 0.5) is 0 Å². The lowest BCUT2D eigenvalue weighted by Gasteiger charge is -2.17. The van der Waals surface area contributed by atoms with Gasteiger partial charge >= 0.3 is 0 Å². The molecule has 18 heavy (non-hydrogen) atoms. The van der Waals surface area contributed by atoms with Crippen molar-refractivity contribution in [3.05, 3.63) is 28.3 Å². The molecular formula is C16H25NO. The molecule has 0 amide bonds. The Morgan fingerprint density at radius 1 is 1.28 bits per heavy atom. The molecule has 1 atom stereocenters. The molecule has 1 aliphatic heterocycles. The molecule has 100 valence electrons. The third-order valence-electron chi connectivity index (χ3n) is 4.33.